The summed E-state index contributed by atoms with van der Waals surface area (Å²) in [5.41, 5.74) is -1.38. The Kier molecular flexibility index (Phi) is 5.95. The molecule has 0 N–H and O–H groups in total. The van der Waals surface area contributed by atoms with E-state index < -0.39 is 39.9 Å². The molecule has 2 atom stereocenters. The molecule has 3 rings (SSSR count). The maximum absolute atomic E-state index is 14.0. The fourth-order valence-electron chi connectivity index (χ4n) is 3.78. The van der Waals surface area contributed by atoms with Gasteiger partial charge >= 0.3 is 17.0 Å². The predicted octanol–water partition coefficient (Wildman–Crippen LogP) is 5.15. The number of carbonyl (C=O) groups is 1. The number of thiazole rings is 1. The number of esters is 1. The smallest absolute Gasteiger partial charge is 0.432 e. The van der Waals surface area contributed by atoms with E-state index in [-0.39, 0.29) is 29.5 Å². The zero-order chi connectivity index (χ0) is 22.3. The van der Waals surface area contributed by atoms with Crippen LogP contribution in [-0.4, -0.2) is 17.1 Å². The summed E-state index contributed by atoms with van der Waals surface area (Å²) >= 11 is 0.548. The third-order valence-corrected chi connectivity index (χ3v) is 6.47. The first-order valence-corrected chi connectivity index (χ1v) is 10.2. The van der Waals surface area contributed by atoms with E-state index in [9.17, 15) is 27.2 Å². The largest absolute Gasteiger partial charge is 0.461 e. The SMILES string of the molecule is CCOC(=O)C(F)=C[C@H]1[C@@H](Cc2sc(=O)n(-c3ccccc3)c2C(F)(F)F)C1(C)C. The summed E-state index contributed by atoms with van der Waals surface area (Å²) in [4.78, 5) is 23.1. The number of para-hydroxylation sites is 1. The van der Waals surface area contributed by atoms with Crippen LogP contribution in [0.5, 0.6) is 0 Å². The van der Waals surface area contributed by atoms with Gasteiger partial charge in [-0.15, -0.1) is 0 Å². The number of carbonyl (C=O) groups excluding carboxylic acids is 1. The number of nitrogens with zero attached hydrogens (tertiary/aromatic N) is 1. The second-order valence-corrected chi connectivity index (χ2v) is 8.75. The van der Waals surface area contributed by atoms with Crippen molar-refractivity contribution in [3.8, 4) is 5.69 Å². The Morgan fingerprint density at radius 2 is 1.90 bits per heavy atom. The molecule has 1 fully saturated rings. The molecule has 1 aliphatic rings. The number of aromatic nitrogens is 1. The lowest BCUT2D eigenvalue weighted by molar-refractivity contribution is -0.143. The molecular formula is C21H21F4NO3S. The van der Waals surface area contributed by atoms with Crippen LogP contribution in [0.1, 0.15) is 31.3 Å². The van der Waals surface area contributed by atoms with Gasteiger partial charge in [0.1, 0.15) is 5.69 Å². The summed E-state index contributed by atoms with van der Waals surface area (Å²) < 4.78 is 61.0. The van der Waals surface area contributed by atoms with Gasteiger partial charge < -0.3 is 4.74 Å². The average Bonchev–Trinajstić information content (AvgIpc) is 2.99. The van der Waals surface area contributed by atoms with E-state index in [1.165, 1.54) is 12.1 Å². The van der Waals surface area contributed by atoms with Crippen molar-refractivity contribution in [3.63, 3.8) is 0 Å². The number of hydrogen-bond acceptors (Lipinski definition) is 4. The minimum atomic E-state index is -4.73. The second-order valence-electron chi connectivity index (χ2n) is 7.70. The first kappa shape index (κ1) is 22.3. The number of halogens is 4. The summed E-state index contributed by atoms with van der Waals surface area (Å²) in [6.07, 6.45) is -3.66. The lowest BCUT2D eigenvalue weighted by Gasteiger charge is -2.13. The van der Waals surface area contributed by atoms with Crippen molar-refractivity contribution in [3.05, 3.63) is 62.5 Å². The third-order valence-electron chi connectivity index (χ3n) is 5.50. The van der Waals surface area contributed by atoms with Crippen LogP contribution in [0.2, 0.25) is 0 Å². The van der Waals surface area contributed by atoms with Gasteiger partial charge in [0.05, 0.1) is 12.3 Å². The quantitative estimate of drug-likeness (QED) is 0.353. The van der Waals surface area contributed by atoms with Gasteiger partial charge in [0, 0.05) is 4.88 Å². The molecule has 0 bridgehead atoms. The number of hydrogen-bond donors (Lipinski definition) is 0. The zero-order valence-corrected chi connectivity index (χ0v) is 17.4. The van der Waals surface area contributed by atoms with E-state index in [4.69, 9.17) is 0 Å². The van der Waals surface area contributed by atoms with Gasteiger partial charge in [-0.05, 0) is 48.8 Å². The van der Waals surface area contributed by atoms with Crippen molar-refractivity contribution in [2.75, 3.05) is 6.61 Å². The molecule has 1 saturated carbocycles. The molecule has 1 aromatic heterocycles. The molecule has 1 aliphatic carbocycles. The number of alkyl halides is 3. The van der Waals surface area contributed by atoms with Gasteiger partial charge in [-0.2, -0.15) is 17.6 Å². The fraction of sp³-hybridized carbons (Fsp3) is 0.429. The van der Waals surface area contributed by atoms with Crippen molar-refractivity contribution < 1.29 is 27.1 Å². The van der Waals surface area contributed by atoms with Gasteiger partial charge in [-0.25, -0.2) is 4.79 Å². The van der Waals surface area contributed by atoms with Crippen LogP contribution in [0.25, 0.3) is 5.69 Å². The van der Waals surface area contributed by atoms with Crippen LogP contribution in [0.15, 0.2) is 47.0 Å². The van der Waals surface area contributed by atoms with Crippen LogP contribution in [0.3, 0.4) is 0 Å². The monoisotopic (exact) mass is 443 g/mol. The van der Waals surface area contributed by atoms with Crippen molar-refractivity contribution in [1.82, 2.24) is 4.57 Å². The summed E-state index contributed by atoms with van der Waals surface area (Å²) in [6, 6.07) is 7.64. The molecule has 1 heterocycles. The van der Waals surface area contributed by atoms with Gasteiger partial charge in [-0.1, -0.05) is 43.4 Å². The molecular weight excluding hydrogens is 422 g/mol. The Morgan fingerprint density at radius 1 is 1.27 bits per heavy atom. The summed E-state index contributed by atoms with van der Waals surface area (Å²) in [6.45, 7) is 5.16. The normalized spacial score (nSPS) is 20.8. The molecule has 162 valence electrons. The molecule has 0 unspecified atom stereocenters. The zero-order valence-electron chi connectivity index (χ0n) is 16.6. The fourth-order valence-corrected chi connectivity index (χ4v) is 4.85. The molecule has 0 spiro atoms. The van der Waals surface area contributed by atoms with E-state index in [0.29, 0.717) is 15.9 Å². The van der Waals surface area contributed by atoms with Crippen molar-refractivity contribution in [1.29, 1.82) is 0 Å². The highest BCUT2D eigenvalue weighted by Gasteiger charge is 2.57. The molecule has 9 heteroatoms. The topological polar surface area (TPSA) is 48.3 Å². The number of rotatable bonds is 6. The van der Waals surface area contributed by atoms with Crippen LogP contribution in [0, 0.1) is 17.3 Å². The molecule has 0 aliphatic heterocycles. The molecule has 1 aromatic carbocycles. The Bertz CT molecular complexity index is 1020. The number of benzene rings is 1. The molecule has 2 aromatic rings. The summed E-state index contributed by atoms with van der Waals surface area (Å²) in [5.74, 6) is -2.93. The maximum Gasteiger partial charge on any atom is 0.432 e. The summed E-state index contributed by atoms with van der Waals surface area (Å²) in [5, 5.41) is 0. The van der Waals surface area contributed by atoms with Crippen LogP contribution in [0.4, 0.5) is 17.6 Å². The molecule has 30 heavy (non-hydrogen) atoms. The average molecular weight is 443 g/mol. The summed E-state index contributed by atoms with van der Waals surface area (Å²) in [7, 11) is 0. The first-order chi connectivity index (χ1) is 14.0. The highest BCUT2D eigenvalue weighted by atomic mass is 32.1. The Morgan fingerprint density at radius 3 is 2.47 bits per heavy atom. The number of allylic oxidation sites excluding steroid dienone is 1. The Hall–Kier alpha value is -2.42. The maximum atomic E-state index is 14.0. The third kappa shape index (κ3) is 4.21. The van der Waals surface area contributed by atoms with Gasteiger partial charge in [0.15, 0.2) is 0 Å². The van der Waals surface area contributed by atoms with Crippen LogP contribution >= 0.6 is 11.3 Å². The number of ether oxygens (including phenoxy) is 1. The van der Waals surface area contributed by atoms with E-state index in [1.807, 2.05) is 0 Å². The highest BCUT2D eigenvalue weighted by Crippen LogP contribution is 2.61. The predicted molar refractivity (Wildman–Crippen MR) is 105 cm³/mol. The van der Waals surface area contributed by atoms with Gasteiger partial charge in [0.25, 0.3) is 0 Å². The highest BCUT2D eigenvalue weighted by molar-refractivity contribution is 7.09. The van der Waals surface area contributed by atoms with Crippen LogP contribution < -0.4 is 4.87 Å². The minimum Gasteiger partial charge on any atom is -0.461 e. The Balaban J connectivity index is 1.95. The van der Waals surface area contributed by atoms with Gasteiger partial charge in [-0.3, -0.25) is 9.36 Å². The molecule has 0 radical (unpaired) electrons. The first-order valence-electron chi connectivity index (χ1n) is 9.40. The standard InChI is InChI=1S/C21H21F4NO3S/c1-4-29-18(27)15(22)10-13-14(20(13,2)3)11-16-17(21(23,24)25)26(19(28)30-16)12-8-6-5-7-9-12/h5-10,13-14H,4,11H2,1-3H3/t13-,14+/m0/s1. The second kappa shape index (κ2) is 8.02. The molecule has 0 saturated heterocycles. The van der Waals surface area contributed by atoms with E-state index >= 15 is 0 Å². The molecule has 0 amide bonds. The van der Waals surface area contributed by atoms with Gasteiger partial charge in [0.2, 0.25) is 5.83 Å². The van der Waals surface area contributed by atoms with Crippen molar-refractivity contribution in [2.45, 2.75) is 33.4 Å². The minimum absolute atomic E-state index is 0.0213. The lowest BCUT2D eigenvalue weighted by Crippen LogP contribution is -2.20. The van der Waals surface area contributed by atoms with E-state index in [1.54, 1.807) is 39.0 Å². The molecule has 4 nitrogen and oxygen atoms in total. The van der Waals surface area contributed by atoms with E-state index in [2.05, 4.69) is 4.74 Å². The van der Waals surface area contributed by atoms with Crippen molar-refractivity contribution >= 4 is 17.3 Å². The Labute approximate surface area is 174 Å². The van der Waals surface area contributed by atoms with Crippen molar-refractivity contribution in [2.24, 2.45) is 17.3 Å². The lowest BCUT2D eigenvalue weighted by atomic mass is 10.1. The van der Waals surface area contributed by atoms with E-state index in [0.717, 1.165) is 6.08 Å². The van der Waals surface area contributed by atoms with Crippen LogP contribution in [-0.2, 0) is 22.1 Å².